The SMILES string of the molecule is O=C(COc1ccc2ccccc2c1Br)NNC(=O)c1cccc(Cl)c1. The molecule has 5 nitrogen and oxygen atoms in total. The molecule has 0 bridgehead atoms. The van der Waals surface area contributed by atoms with E-state index in [0.717, 1.165) is 15.2 Å². The summed E-state index contributed by atoms with van der Waals surface area (Å²) in [4.78, 5) is 23.8. The van der Waals surface area contributed by atoms with Gasteiger partial charge < -0.3 is 4.74 Å². The van der Waals surface area contributed by atoms with Gasteiger partial charge in [-0.05, 0) is 51.0 Å². The molecule has 0 heterocycles. The highest BCUT2D eigenvalue weighted by Crippen LogP contribution is 2.32. The van der Waals surface area contributed by atoms with Gasteiger partial charge in [0.1, 0.15) is 5.75 Å². The van der Waals surface area contributed by atoms with E-state index in [1.54, 1.807) is 24.3 Å². The summed E-state index contributed by atoms with van der Waals surface area (Å²) in [5.74, 6) is -0.409. The Hall–Kier alpha value is -2.57. The minimum atomic E-state index is -0.486. The monoisotopic (exact) mass is 432 g/mol. The number of carbonyl (C=O) groups is 2. The number of carbonyl (C=O) groups excluding carboxylic acids is 2. The largest absolute Gasteiger partial charge is 0.483 e. The van der Waals surface area contributed by atoms with Crippen molar-refractivity contribution in [3.8, 4) is 5.75 Å². The van der Waals surface area contributed by atoms with Gasteiger partial charge in [-0.1, -0.05) is 48.0 Å². The van der Waals surface area contributed by atoms with Crippen molar-refractivity contribution in [2.75, 3.05) is 6.61 Å². The Balaban J connectivity index is 1.56. The molecule has 0 aliphatic rings. The molecule has 0 saturated heterocycles. The molecule has 0 aliphatic carbocycles. The lowest BCUT2D eigenvalue weighted by Gasteiger charge is -2.11. The van der Waals surface area contributed by atoms with E-state index >= 15 is 0 Å². The number of hydrogen-bond donors (Lipinski definition) is 2. The van der Waals surface area contributed by atoms with E-state index in [4.69, 9.17) is 16.3 Å². The summed E-state index contributed by atoms with van der Waals surface area (Å²) in [6.07, 6.45) is 0. The van der Waals surface area contributed by atoms with Crippen LogP contribution in [0.4, 0.5) is 0 Å². The van der Waals surface area contributed by atoms with Crippen LogP contribution in [0, 0.1) is 0 Å². The Labute approximate surface area is 163 Å². The fraction of sp³-hybridized carbons (Fsp3) is 0.0526. The van der Waals surface area contributed by atoms with Gasteiger partial charge in [0.2, 0.25) is 0 Å². The topological polar surface area (TPSA) is 67.4 Å². The van der Waals surface area contributed by atoms with Crippen LogP contribution in [0.3, 0.4) is 0 Å². The molecular weight excluding hydrogens is 420 g/mol. The van der Waals surface area contributed by atoms with Crippen LogP contribution in [0.15, 0.2) is 65.1 Å². The first-order chi connectivity index (χ1) is 12.5. The van der Waals surface area contributed by atoms with Crippen LogP contribution in [0.5, 0.6) is 5.75 Å². The number of amides is 2. The number of halogens is 2. The van der Waals surface area contributed by atoms with Crippen LogP contribution >= 0.6 is 27.5 Å². The minimum Gasteiger partial charge on any atom is -0.483 e. The molecule has 2 N–H and O–H groups in total. The molecule has 0 unspecified atom stereocenters. The van der Waals surface area contributed by atoms with Crippen molar-refractivity contribution >= 4 is 50.1 Å². The standard InChI is InChI=1S/C19H14BrClN2O3/c20-18-15-7-2-1-4-12(15)8-9-16(18)26-11-17(24)22-23-19(25)13-5-3-6-14(21)10-13/h1-10H,11H2,(H,22,24)(H,23,25). The first-order valence-electron chi connectivity index (χ1n) is 7.69. The molecule has 0 radical (unpaired) electrons. The summed E-state index contributed by atoms with van der Waals surface area (Å²) in [7, 11) is 0. The van der Waals surface area contributed by atoms with Crippen molar-refractivity contribution in [2.45, 2.75) is 0 Å². The number of hydrogen-bond acceptors (Lipinski definition) is 3. The summed E-state index contributed by atoms with van der Waals surface area (Å²) < 4.78 is 6.30. The van der Waals surface area contributed by atoms with Gasteiger partial charge in [-0.3, -0.25) is 20.4 Å². The smallest absolute Gasteiger partial charge is 0.276 e. The fourth-order valence-corrected chi connectivity index (χ4v) is 3.13. The summed E-state index contributed by atoms with van der Waals surface area (Å²) >= 11 is 9.33. The second-order valence-electron chi connectivity index (χ2n) is 5.40. The highest BCUT2D eigenvalue weighted by atomic mass is 79.9. The van der Waals surface area contributed by atoms with E-state index < -0.39 is 11.8 Å². The molecule has 2 amide bonds. The van der Waals surface area contributed by atoms with Crippen LogP contribution in [0.25, 0.3) is 10.8 Å². The molecule has 3 aromatic carbocycles. The highest BCUT2D eigenvalue weighted by molar-refractivity contribution is 9.10. The van der Waals surface area contributed by atoms with E-state index in [9.17, 15) is 9.59 Å². The first kappa shape index (κ1) is 18.2. The molecule has 0 aliphatic heterocycles. The van der Waals surface area contributed by atoms with Crippen LogP contribution in [-0.2, 0) is 4.79 Å². The van der Waals surface area contributed by atoms with E-state index in [0.29, 0.717) is 16.3 Å². The van der Waals surface area contributed by atoms with E-state index in [1.807, 2.05) is 30.3 Å². The molecule has 132 valence electrons. The third-order valence-electron chi connectivity index (χ3n) is 3.59. The van der Waals surface area contributed by atoms with Crippen molar-refractivity contribution in [1.82, 2.24) is 10.9 Å². The molecule has 3 rings (SSSR count). The summed E-state index contributed by atoms with van der Waals surface area (Å²) in [6.45, 7) is -0.243. The lowest BCUT2D eigenvalue weighted by Crippen LogP contribution is -2.43. The normalized spacial score (nSPS) is 10.4. The lowest BCUT2D eigenvalue weighted by atomic mass is 10.1. The van der Waals surface area contributed by atoms with Gasteiger partial charge in [0.05, 0.1) is 4.47 Å². The van der Waals surface area contributed by atoms with Gasteiger partial charge in [0.15, 0.2) is 6.61 Å². The summed E-state index contributed by atoms with van der Waals surface area (Å²) in [5.41, 5.74) is 4.97. The zero-order valence-corrected chi connectivity index (χ0v) is 15.8. The Morgan fingerprint density at radius 3 is 2.62 bits per heavy atom. The average molecular weight is 434 g/mol. The number of rotatable bonds is 4. The van der Waals surface area contributed by atoms with Crippen LogP contribution in [0.2, 0.25) is 5.02 Å². The Morgan fingerprint density at radius 2 is 1.81 bits per heavy atom. The minimum absolute atomic E-state index is 0.243. The van der Waals surface area contributed by atoms with Crippen LogP contribution < -0.4 is 15.6 Å². The van der Waals surface area contributed by atoms with Crippen molar-refractivity contribution in [3.63, 3.8) is 0 Å². The third kappa shape index (κ3) is 4.33. The molecule has 0 saturated carbocycles. The van der Waals surface area contributed by atoms with Crippen LogP contribution in [0.1, 0.15) is 10.4 Å². The predicted octanol–water partition coefficient (Wildman–Crippen LogP) is 4.10. The van der Waals surface area contributed by atoms with Gasteiger partial charge in [-0.25, -0.2) is 0 Å². The highest BCUT2D eigenvalue weighted by Gasteiger charge is 2.10. The second-order valence-corrected chi connectivity index (χ2v) is 6.63. The van der Waals surface area contributed by atoms with Gasteiger partial charge >= 0.3 is 0 Å². The van der Waals surface area contributed by atoms with Crippen molar-refractivity contribution in [2.24, 2.45) is 0 Å². The van der Waals surface area contributed by atoms with E-state index in [2.05, 4.69) is 26.8 Å². The predicted molar refractivity (Wildman–Crippen MR) is 104 cm³/mol. The molecule has 0 fully saturated rings. The molecule has 7 heteroatoms. The third-order valence-corrected chi connectivity index (χ3v) is 4.64. The quantitative estimate of drug-likeness (QED) is 0.609. The maximum absolute atomic E-state index is 11.9. The van der Waals surface area contributed by atoms with Gasteiger partial charge in [0.25, 0.3) is 11.8 Å². The van der Waals surface area contributed by atoms with E-state index in [1.165, 1.54) is 6.07 Å². The molecule has 0 atom stereocenters. The molecule has 0 aromatic heterocycles. The Kier molecular flexibility index (Phi) is 5.75. The number of benzene rings is 3. The summed E-state index contributed by atoms with van der Waals surface area (Å²) in [6, 6.07) is 17.9. The number of fused-ring (bicyclic) bond motifs is 1. The van der Waals surface area contributed by atoms with Crippen molar-refractivity contribution in [1.29, 1.82) is 0 Å². The first-order valence-corrected chi connectivity index (χ1v) is 8.86. The number of hydrazine groups is 1. The molecule has 3 aromatic rings. The van der Waals surface area contributed by atoms with E-state index in [-0.39, 0.29) is 6.61 Å². The second kappa shape index (κ2) is 8.21. The Morgan fingerprint density at radius 1 is 1.00 bits per heavy atom. The molecule has 26 heavy (non-hydrogen) atoms. The van der Waals surface area contributed by atoms with Crippen molar-refractivity contribution < 1.29 is 14.3 Å². The summed E-state index contributed by atoms with van der Waals surface area (Å²) in [5, 5.41) is 2.48. The van der Waals surface area contributed by atoms with Crippen LogP contribution in [-0.4, -0.2) is 18.4 Å². The van der Waals surface area contributed by atoms with Crippen molar-refractivity contribution in [3.05, 3.63) is 75.7 Å². The maximum atomic E-state index is 11.9. The average Bonchev–Trinajstić information content (AvgIpc) is 2.65. The zero-order chi connectivity index (χ0) is 18.5. The van der Waals surface area contributed by atoms with Gasteiger partial charge in [0, 0.05) is 10.6 Å². The van der Waals surface area contributed by atoms with Gasteiger partial charge in [-0.2, -0.15) is 0 Å². The Bertz CT molecular complexity index is 978. The zero-order valence-electron chi connectivity index (χ0n) is 13.5. The van der Waals surface area contributed by atoms with Gasteiger partial charge in [-0.15, -0.1) is 0 Å². The molecular formula is C19H14BrClN2O3. The lowest BCUT2D eigenvalue weighted by molar-refractivity contribution is -0.123. The maximum Gasteiger partial charge on any atom is 0.276 e. The fourth-order valence-electron chi connectivity index (χ4n) is 2.33. The number of ether oxygens (including phenoxy) is 1. The number of nitrogens with one attached hydrogen (secondary N) is 2. The molecule has 0 spiro atoms.